The number of carboxylic acid groups (broad SMARTS) is 1. The molecular formula is C12H16O3S. The maximum atomic E-state index is 11.4. The van der Waals surface area contributed by atoms with E-state index in [9.17, 15) is 9.90 Å². The van der Waals surface area contributed by atoms with Crippen LogP contribution in [0.25, 0.3) is 0 Å². The Morgan fingerprint density at radius 2 is 2.56 bits per heavy atom. The first-order chi connectivity index (χ1) is 7.65. The molecule has 0 saturated carbocycles. The van der Waals surface area contributed by atoms with E-state index >= 15 is 0 Å². The standard InChI is InChI=1S/C12H16O3S/c1-9-12(11(13)14,6-7-15-9)5-4-10-3-2-8-16-10/h2-3,8-9H,4-7H2,1H3,(H,13,14). The van der Waals surface area contributed by atoms with Crippen LogP contribution >= 0.6 is 11.3 Å². The number of thiophene rings is 1. The SMILES string of the molecule is CC1OCCC1(CCc1cccs1)C(=O)O. The predicted molar refractivity (Wildman–Crippen MR) is 62.7 cm³/mol. The second-order valence-electron chi connectivity index (χ2n) is 4.30. The zero-order valence-electron chi connectivity index (χ0n) is 9.31. The van der Waals surface area contributed by atoms with Crippen LogP contribution in [0.4, 0.5) is 0 Å². The first kappa shape index (κ1) is 11.6. The molecule has 4 heteroatoms. The van der Waals surface area contributed by atoms with Crippen molar-refractivity contribution in [1.82, 2.24) is 0 Å². The normalized spacial score (nSPS) is 29.4. The van der Waals surface area contributed by atoms with Gasteiger partial charge in [0.25, 0.3) is 0 Å². The minimum Gasteiger partial charge on any atom is -0.481 e. The first-order valence-electron chi connectivity index (χ1n) is 5.52. The van der Waals surface area contributed by atoms with Gasteiger partial charge in [-0.15, -0.1) is 11.3 Å². The third-order valence-corrected chi connectivity index (χ3v) is 4.45. The van der Waals surface area contributed by atoms with Crippen LogP contribution in [0.5, 0.6) is 0 Å². The van der Waals surface area contributed by atoms with E-state index in [1.165, 1.54) is 4.88 Å². The molecule has 16 heavy (non-hydrogen) atoms. The van der Waals surface area contributed by atoms with E-state index in [4.69, 9.17) is 4.74 Å². The number of hydrogen-bond acceptors (Lipinski definition) is 3. The highest BCUT2D eigenvalue weighted by Crippen LogP contribution is 2.39. The minimum absolute atomic E-state index is 0.176. The van der Waals surface area contributed by atoms with Crippen LogP contribution in [0.2, 0.25) is 0 Å². The van der Waals surface area contributed by atoms with Gasteiger partial charge in [-0.3, -0.25) is 4.79 Å². The third-order valence-electron chi connectivity index (χ3n) is 3.52. The molecule has 1 aromatic rings. The summed E-state index contributed by atoms with van der Waals surface area (Å²) >= 11 is 1.68. The fraction of sp³-hybridized carbons (Fsp3) is 0.583. The Kier molecular flexibility index (Phi) is 3.30. The smallest absolute Gasteiger partial charge is 0.312 e. The number of carbonyl (C=O) groups is 1. The highest BCUT2D eigenvalue weighted by atomic mass is 32.1. The molecule has 0 amide bonds. The van der Waals surface area contributed by atoms with Crippen molar-refractivity contribution in [3.8, 4) is 0 Å². The highest BCUT2D eigenvalue weighted by Gasteiger charge is 2.47. The van der Waals surface area contributed by atoms with E-state index in [0.717, 1.165) is 6.42 Å². The van der Waals surface area contributed by atoms with Gasteiger partial charge in [-0.05, 0) is 37.6 Å². The summed E-state index contributed by atoms with van der Waals surface area (Å²) in [5.74, 6) is -0.714. The summed E-state index contributed by atoms with van der Waals surface area (Å²) in [5.41, 5.74) is -0.677. The summed E-state index contributed by atoms with van der Waals surface area (Å²) < 4.78 is 5.42. The van der Waals surface area contributed by atoms with E-state index in [0.29, 0.717) is 19.4 Å². The van der Waals surface area contributed by atoms with E-state index in [2.05, 4.69) is 6.07 Å². The van der Waals surface area contributed by atoms with Crippen LogP contribution in [-0.2, 0) is 16.0 Å². The second kappa shape index (κ2) is 4.55. The lowest BCUT2D eigenvalue weighted by atomic mass is 9.77. The van der Waals surface area contributed by atoms with E-state index in [1.54, 1.807) is 11.3 Å². The van der Waals surface area contributed by atoms with Crippen LogP contribution in [0, 0.1) is 5.41 Å². The number of rotatable bonds is 4. The quantitative estimate of drug-likeness (QED) is 0.879. The molecule has 1 N–H and O–H groups in total. The Morgan fingerprint density at radius 3 is 3.06 bits per heavy atom. The lowest BCUT2D eigenvalue weighted by Crippen LogP contribution is -2.37. The fourth-order valence-corrected chi connectivity index (χ4v) is 3.01. The summed E-state index contributed by atoms with van der Waals surface area (Å²) in [4.78, 5) is 12.7. The molecule has 1 fully saturated rings. The average Bonchev–Trinajstić information content (AvgIpc) is 2.85. The zero-order chi connectivity index (χ0) is 11.6. The Morgan fingerprint density at radius 1 is 1.75 bits per heavy atom. The molecular weight excluding hydrogens is 224 g/mol. The van der Waals surface area contributed by atoms with Crippen LogP contribution in [0.1, 0.15) is 24.6 Å². The molecule has 1 saturated heterocycles. The number of aliphatic carboxylic acids is 1. The second-order valence-corrected chi connectivity index (χ2v) is 5.34. The minimum atomic E-state index is -0.714. The Hall–Kier alpha value is -0.870. The molecule has 0 bridgehead atoms. The van der Waals surface area contributed by atoms with E-state index < -0.39 is 11.4 Å². The van der Waals surface area contributed by atoms with Crippen LogP contribution in [-0.4, -0.2) is 23.8 Å². The Labute approximate surface area is 99.1 Å². The maximum Gasteiger partial charge on any atom is 0.312 e. The molecule has 0 aliphatic carbocycles. The number of carboxylic acids is 1. The average molecular weight is 240 g/mol. The predicted octanol–water partition coefficient (Wildman–Crippen LogP) is 2.56. The van der Waals surface area contributed by atoms with Gasteiger partial charge in [0.15, 0.2) is 0 Å². The number of aryl methyl sites for hydroxylation is 1. The Bertz CT molecular complexity index is 360. The van der Waals surface area contributed by atoms with Gasteiger partial charge in [-0.25, -0.2) is 0 Å². The zero-order valence-corrected chi connectivity index (χ0v) is 10.1. The maximum absolute atomic E-state index is 11.4. The van der Waals surface area contributed by atoms with Gasteiger partial charge in [0, 0.05) is 11.5 Å². The van der Waals surface area contributed by atoms with Crippen molar-refractivity contribution in [2.24, 2.45) is 5.41 Å². The lowest BCUT2D eigenvalue weighted by molar-refractivity contribution is -0.152. The van der Waals surface area contributed by atoms with Crippen LogP contribution in [0.15, 0.2) is 17.5 Å². The molecule has 1 aromatic heterocycles. The molecule has 0 aromatic carbocycles. The molecule has 1 aliphatic heterocycles. The summed E-state index contributed by atoms with van der Waals surface area (Å²) in [5, 5.41) is 11.4. The first-order valence-corrected chi connectivity index (χ1v) is 6.40. The molecule has 88 valence electrons. The van der Waals surface area contributed by atoms with Gasteiger partial charge in [0.1, 0.15) is 0 Å². The van der Waals surface area contributed by atoms with Crippen molar-refractivity contribution < 1.29 is 14.6 Å². The third kappa shape index (κ3) is 1.99. The summed E-state index contributed by atoms with van der Waals surface area (Å²) in [7, 11) is 0. The molecule has 3 nitrogen and oxygen atoms in total. The van der Waals surface area contributed by atoms with E-state index in [-0.39, 0.29) is 6.10 Å². The van der Waals surface area contributed by atoms with Crippen molar-refractivity contribution in [3.63, 3.8) is 0 Å². The van der Waals surface area contributed by atoms with Gasteiger partial charge in [0.05, 0.1) is 11.5 Å². The van der Waals surface area contributed by atoms with E-state index in [1.807, 2.05) is 18.4 Å². The molecule has 2 rings (SSSR count). The highest BCUT2D eigenvalue weighted by molar-refractivity contribution is 7.09. The van der Waals surface area contributed by atoms with Crippen molar-refractivity contribution in [1.29, 1.82) is 0 Å². The van der Waals surface area contributed by atoms with Crippen molar-refractivity contribution in [2.75, 3.05) is 6.61 Å². The van der Waals surface area contributed by atoms with Gasteiger partial charge in [-0.2, -0.15) is 0 Å². The summed E-state index contributed by atoms with van der Waals surface area (Å²) in [6.07, 6.45) is 1.96. The van der Waals surface area contributed by atoms with Crippen LogP contribution < -0.4 is 0 Å². The molecule has 0 radical (unpaired) electrons. The number of hydrogen-bond donors (Lipinski definition) is 1. The van der Waals surface area contributed by atoms with Crippen LogP contribution in [0.3, 0.4) is 0 Å². The van der Waals surface area contributed by atoms with Gasteiger partial charge < -0.3 is 9.84 Å². The Balaban J connectivity index is 2.06. The van der Waals surface area contributed by atoms with Crippen molar-refractivity contribution >= 4 is 17.3 Å². The molecule has 2 atom stereocenters. The summed E-state index contributed by atoms with van der Waals surface area (Å²) in [6, 6.07) is 4.06. The number of ether oxygens (including phenoxy) is 1. The van der Waals surface area contributed by atoms with Gasteiger partial charge >= 0.3 is 5.97 Å². The van der Waals surface area contributed by atoms with Crippen molar-refractivity contribution in [2.45, 2.75) is 32.3 Å². The molecule has 0 spiro atoms. The lowest BCUT2D eigenvalue weighted by Gasteiger charge is -2.27. The summed E-state index contributed by atoms with van der Waals surface area (Å²) in [6.45, 7) is 2.44. The van der Waals surface area contributed by atoms with Gasteiger partial charge in [-0.1, -0.05) is 6.07 Å². The monoisotopic (exact) mass is 240 g/mol. The molecule has 1 aliphatic rings. The fourth-order valence-electron chi connectivity index (χ4n) is 2.30. The van der Waals surface area contributed by atoms with Gasteiger partial charge in [0.2, 0.25) is 0 Å². The molecule has 2 unspecified atom stereocenters. The largest absolute Gasteiger partial charge is 0.481 e. The topological polar surface area (TPSA) is 46.5 Å². The molecule has 2 heterocycles. The van der Waals surface area contributed by atoms with Crippen molar-refractivity contribution in [3.05, 3.63) is 22.4 Å².